The summed E-state index contributed by atoms with van der Waals surface area (Å²) in [6.07, 6.45) is 1.61. The van der Waals surface area contributed by atoms with Crippen LogP contribution < -0.4 is 18.7 Å². The van der Waals surface area contributed by atoms with Crippen molar-refractivity contribution >= 4 is 37.9 Å². The van der Waals surface area contributed by atoms with Crippen molar-refractivity contribution in [2.75, 3.05) is 42.7 Å². The van der Waals surface area contributed by atoms with Crippen molar-refractivity contribution in [2.24, 2.45) is 0 Å². The van der Waals surface area contributed by atoms with Crippen molar-refractivity contribution in [3.8, 4) is 11.5 Å². The summed E-state index contributed by atoms with van der Waals surface area (Å²) in [6.45, 7) is 4.08. The summed E-state index contributed by atoms with van der Waals surface area (Å²) in [5, 5.41) is 2.18. The molecule has 1 aliphatic heterocycles. The van der Waals surface area contributed by atoms with Gasteiger partial charge in [0.05, 0.1) is 36.0 Å². The highest BCUT2D eigenvalue weighted by atomic mass is 32.2. The number of fused-ring (bicyclic) bond motifs is 1. The fourth-order valence-electron chi connectivity index (χ4n) is 4.23. The number of sulfonamides is 1. The fraction of sp³-hybridized carbons (Fsp3) is 0.250. The number of para-hydroxylation sites is 2. The van der Waals surface area contributed by atoms with E-state index in [1.54, 1.807) is 36.9 Å². The predicted molar refractivity (Wildman–Crippen MR) is 149 cm³/mol. The van der Waals surface area contributed by atoms with Gasteiger partial charge in [-0.25, -0.2) is 17.7 Å². The Morgan fingerprint density at radius 3 is 2.63 bits per heavy atom. The molecule has 38 heavy (non-hydrogen) atoms. The molecule has 5 rings (SSSR count). The second kappa shape index (κ2) is 11.4. The van der Waals surface area contributed by atoms with E-state index in [0.29, 0.717) is 37.2 Å². The molecule has 0 atom stereocenters. The normalized spacial score (nSPS) is 13.1. The van der Waals surface area contributed by atoms with E-state index in [-0.39, 0.29) is 11.4 Å². The summed E-state index contributed by atoms with van der Waals surface area (Å²) >= 11 is 1.28. The minimum absolute atomic E-state index is 0.144. The SMILES string of the molecule is COCCOc1ccccc1N1CCOc2cc(S(=O)(=O)N(Cc3ccc(C)cc3)c3nccs3)ccc21. The molecule has 0 N–H and O–H groups in total. The lowest BCUT2D eigenvalue weighted by molar-refractivity contribution is 0.146. The average molecular weight is 552 g/mol. The molecule has 1 aromatic heterocycles. The van der Waals surface area contributed by atoms with Crippen LogP contribution >= 0.6 is 11.3 Å². The van der Waals surface area contributed by atoms with Crippen LogP contribution in [0, 0.1) is 6.92 Å². The number of benzene rings is 3. The molecule has 0 fully saturated rings. The van der Waals surface area contributed by atoms with Crippen molar-refractivity contribution in [1.82, 2.24) is 4.98 Å². The van der Waals surface area contributed by atoms with Gasteiger partial charge < -0.3 is 19.1 Å². The number of rotatable bonds is 10. The van der Waals surface area contributed by atoms with Gasteiger partial charge in [-0.3, -0.25) is 0 Å². The first-order valence-electron chi connectivity index (χ1n) is 12.2. The fourth-order valence-corrected chi connectivity index (χ4v) is 6.52. The molecule has 0 saturated carbocycles. The van der Waals surface area contributed by atoms with Crippen molar-refractivity contribution < 1.29 is 22.6 Å². The van der Waals surface area contributed by atoms with Gasteiger partial charge in [-0.2, -0.15) is 0 Å². The predicted octanol–water partition coefficient (Wildman–Crippen LogP) is 5.40. The summed E-state index contributed by atoms with van der Waals surface area (Å²) in [6, 6.07) is 20.6. The maximum absolute atomic E-state index is 13.9. The first-order valence-corrected chi connectivity index (χ1v) is 14.5. The number of hydrogen-bond acceptors (Lipinski definition) is 8. The Labute approximate surface area is 227 Å². The van der Waals surface area contributed by atoms with Crippen LogP contribution in [0.2, 0.25) is 0 Å². The molecule has 198 valence electrons. The molecule has 0 radical (unpaired) electrons. The molecule has 0 spiro atoms. The van der Waals surface area contributed by atoms with Gasteiger partial charge in [0.25, 0.3) is 10.0 Å². The van der Waals surface area contributed by atoms with E-state index >= 15 is 0 Å². The van der Waals surface area contributed by atoms with Crippen molar-refractivity contribution in [2.45, 2.75) is 18.4 Å². The molecular formula is C28H29N3O5S2. The van der Waals surface area contributed by atoms with Crippen molar-refractivity contribution in [3.05, 3.63) is 89.4 Å². The Kier molecular flexibility index (Phi) is 7.82. The summed E-state index contributed by atoms with van der Waals surface area (Å²) < 4.78 is 46.2. The molecule has 2 heterocycles. The largest absolute Gasteiger partial charge is 0.489 e. The highest BCUT2D eigenvalue weighted by Crippen LogP contribution is 2.42. The van der Waals surface area contributed by atoms with E-state index in [1.807, 2.05) is 55.5 Å². The summed E-state index contributed by atoms with van der Waals surface area (Å²) in [7, 11) is -2.29. The third kappa shape index (κ3) is 5.47. The van der Waals surface area contributed by atoms with E-state index in [0.717, 1.165) is 28.3 Å². The van der Waals surface area contributed by atoms with E-state index in [9.17, 15) is 8.42 Å². The van der Waals surface area contributed by atoms with Crippen LogP contribution in [-0.2, 0) is 21.3 Å². The molecule has 4 aromatic rings. The second-order valence-corrected chi connectivity index (χ2v) is 11.5. The molecule has 1 aliphatic rings. The molecule has 0 saturated heterocycles. The van der Waals surface area contributed by atoms with Gasteiger partial charge in [0, 0.05) is 24.8 Å². The number of thiazole rings is 1. The first kappa shape index (κ1) is 26.0. The maximum atomic E-state index is 13.9. The molecule has 0 amide bonds. The quantitative estimate of drug-likeness (QED) is 0.244. The minimum atomic E-state index is -3.93. The van der Waals surface area contributed by atoms with Crippen molar-refractivity contribution in [1.29, 1.82) is 0 Å². The lowest BCUT2D eigenvalue weighted by Gasteiger charge is -2.33. The van der Waals surface area contributed by atoms with E-state index in [1.165, 1.54) is 15.6 Å². The van der Waals surface area contributed by atoms with Gasteiger partial charge in [0.2, 0.25) is 0 Å². The number of hydrogen-bond donors (Lipinski definition) is 0. The van der Waals surface area contributed by atoms with E-state index < -0.39 is 10.0 Å². The Morgan fingerprint density at radius 1 is 1.05 bits per heavy atom. The maximum Gasteiger partial charge on any atom is 0.266 e. The summed E-state index contributed by atoms with van der Waals surface area (Å²) in [4.78, 5) is 6.53. The van der Waals surface area contributed by atoms with Gasteiger partial charge >= 0.3 is 0 Å². The van der Waals surface area contributed by atoms with Crippen LogP contribution in [0.25, 0.3) is 0 Å². The molecule has 10 heteroatoms. The van der Waals surface area contributed by atoms with Gasteiger partial charge in [-0.1, -0.05) is 42.0 Å². The Bertz CT molecular complexity index is 1470. The number of ether oxygens (including phenoxy) is 3. The second-order valence-electron chi connectivity index (χ2n) is 8.75. The lowest BCUT2D eigenvalue weighted by Crippen LogP contribution is -2.32. The molecule has 0 unspecified atom stereocenters. The minimum Gasteiger partial charge on any atom is -0.489 e. The van der Waals surface area contributed by atoms with Gasteiger partial charge in [-0.15, -0.1) is 11.3 Å². The molecule has 0 bridgehead atoms. The Morgan fingerprint density at radius 2 is 1.87 bits per heavy atom. The van der Waals surface area contributed by atoms with Crippen LogP contribution in [-0.4, -0.2) is 46.9 Å². The number of nitrogens with zero attached hydrogens (tertiary/aromatic N) is 3. The third-order valence-corrected chi connectivity index (χ3v) is 8.80. The first-order chi connectivity index (χ1) is 18.5. The van der Waals surface area contributed by atoms with Gasteiger partial charge in [0.1, 0.15) is 24.7 Å². The summed E-state index contributed by atoms with van der Waals surface area (Å²) in [5.41, 5.74) is 3.64. The Balaban J connectivity index is 1.48. The average Bonchev–Trinajstić information content (AvgIpc) is 3.47. The van der Waals surface area contributed by atoms with E-state index in [2.05, 4.69) is 9.88 Å². The van der Waals surface area contributed by atoms with Crippen molar-refractivity contribution in [3.63, 3.8) is 0 Å². The highest BCUT2D eigenvalue weighted by Gasteiger charge is 2.30. The monoisotopic (exact) mass is 551 g/mol. The number of anilines is 3. The highest BCUT2D eigenvalue weighted by molar-refractivity contribution is 7.93. The van der Waals surface area contributed by atoms with Crippen LogP contribution in [0.1, 0.15) is 11.1 Å². The summed E-state index contributed by atoms with van der Waals surface area (Å²) in [5.74, 6) is 1.22. The van der Waals surface area contributed by atoms with Gasteiger partial charge in [-0.05, 0) is 36.8 Å². The Hall–Kier alpha value is -3.60. The van der Waals surface area contributed by atoms with Crippen LogP contribution in [0.4, 0.5) is 16.5 Å². The third-order valence-electron chi connectivity index (χ3n) is 6.16. The van der Waals surface area contributed by atoms with Crippen LogP contribution in [0.5, 0.6) is 11.5 Å². The number of aromatic nitrogens is 1. The zero-order chi connectivity index (χ0) is 26.5. The van der Waals surface area contributed by atoms with Crippen LogP contribution in [0.3, 0.4) is 0 Å². The number of aryl methyl sites for hydroxylation is 1. The van der Waals surface area contributed by atoms with E-state index in [4.69, 9.17) is 14.2 Å². The van der Waals surface area contributed by atoms with Gasteiger partial charge in [0.15, 0.2) is 5.13 Å². The molecule has 0 aliphatic carbocycles. The standard InChI is InChI=1S/C28H29N3O5S2/c1-21-7-9-22(10-8-21)20-31(28-29-13-18-37-28)38(32,33)23-11-12-25-27(19-23)35-15-14-30(25)24-5-3-4-6-26(24)36-17-16-34-2/h3-13,18-19H,14-17,20H2,1-2H3. The zero-order valence-corrected chi connectivity index (χ0v) is 22.9. The smallest absolute Gasteiger partial charge is 0.266 e. The molecule has 3 aromatic carbocycles. The van der Waals surface area contributed by atoms with Crippen LogP contribution in [0.15, 0.2) is 83.2 Å². The lowest BCUT2D eigenvalue weighted by atomic mass is 10.1. The number of methoxy groups -OCH3 is 1. The molecule has 8 nitrogen and oxygen atoms in total. The zero-order valence-electron chi connectivity index (χ0n) is 21.2. The molecular weight excluding hydrogens is 522 g/mol. The topological polar surface area (TPSA) is 81.2 Å².